The minimum Gasteiger partial charge on any atom is -0.463 e. The highest BCUT2D eigenvalue weighted by Gasteiger charge is 2.26. The second kappa shape index (κ2) is 3.13. The molecule has 0 unspecified atom stereocenters. The maximum absolute atomic E-state index is 5.67. The van der Waals surface area contributed by atoms with Crippen LogP contribution in [0.5, 0.6) is 5.75 Å². The summed E-state index contributed by atoms with van der Waals surface area (Å²) in [6.45, 7) is 4.49. The van der Waals surface area contributed by atoms with Gasteiger partial charge in [-0.15, -0.1) is 0 Å². The van der Waals surface area contributed by atoms with Crippen LogP contribution in [0.2, 0.25) is 0 Å². The lowest BCUT2D eigenvalue weighted by Gasteiger charge is -2.32. The molecule has 0 radical (unpaired) electrons. The third kappa shape index (κ3) is 1.96. The SMILES string of the molecule is CC1(C)OCc2ccc(I)cc2O1. The van der Waals surface area contributed by atoms with E-state index in [9.17, 15) is 0 Å². The van der Waals surface area contributed by atoms with Crippen LogP contribution in [0.15, 0.2) is 18.2 Å². The van der Waals surface area contributed by atoms with E-state index < -0.39 is 5.79 Å². The van der Waals surface area contributed by atoms with E-state index in [1.54, 1.807) is 0 Å². The molecule has 2 rings (SSSR count). The van der Waals surface area contributed by atoms with Crippen molar-refractivity contribution < 1.29 is 9.47 Å². The van der Waals surface area contributed by atoms with E-state index in [4.69, 9.17) is 9.47 Å². The van der Waals surface area contributed by atoms with Crippen molar-refractivity contribution in [3.63, 3.8) is 0 Å². The average molecular weight is 290 g/mol. The van der Waals surface area contributed by atoms with Gasteiger partial charge in [0.1, 0.15) is 5.75 Å². The van der Waals surface area contributed by atoms with E-state index in [0.29, 0.717) is 6.61 Å². The van der Waals surface area contributed by atoms with Crippen LogP contribution < -0.4 is 4.74 Å². The van der Waals surface area contributed by atoms with E-state index >= 15 is 0 Å². The van der Waals surface area contributed by atoms with Crippen molar-refractivity contribution in [3.05, 3.63) is 27.3 Å². The average Bonchev–Trinajstić information content (AvgIpc) is 2.01. The van der Waals surface area contributed by atoms with Gasteiger partial charge in [-0.25, -0.2) is 0 Å². The molecule has 0 fully saturated rings. The molecule has 1 aliphatic rings. The van der Waals surface area contributed by atoms with Crippen molar-refractivity contribution in [2.75, 3.05) is 0 Å². The van der Waals surface area contributed by atoms with Gasteiger partial charge in [-0.3, -0.25) is 0 Å². The Kier molecular flexibility index (Phi) is 2.23. The molecule has 0 spiro atoms. The van der Waals surface area contributed by atoms with Crippen LogP contribution in [-0.2, 0) is 11.3 Å². The smallest absolute Gasteiger partial charge is 0.205 e. The molecule has 1 heterocycles. The first kappa shape index (κ1) is 9.27. The standard InChI is InChI=1S/C10H11IO2/c1-10(2)12-6-7-3-4-8(11)5-9(7)13-10/h3-5H,6H2,1-2H3. The lowest BCUT2D eigenvalue weighted by atomic mass is 10.2. The largest absolute Gasteiger partial charge is 0.463 e. The Balaban J connectivity index is 2.38. The molecular weight excluding hydrogens is 279 g/mol. The third-order valence-corrected chi connectivity index (χ3v) is 2.63. The van der Waals surface area contributed by atoms with E-state index in [2.05, 4.69) is 28.7 Å². The zero-order chi connectivity index (χ0) is 9.47. The summed E-state index contributed by atoms with van der Waals surface area (Å²) in [7, 11) is 0. The molecule has 70 valence electrons. The summed E-state index contributed by atoms with van der Waals surface area (Å²) in [5.74, 6) is 0.459. The van der Waals surface area contributed by atoms with Crippen LogP contribution in [0.3, 0.4) is 0 Å². The fraction of sp³-hybridized carbons (Fsp3) is 0.400. The van der Waals surface area contributed by atoms with Gasteiger partial charge in [-0.1, -0.05) is 6.07 Å². The van der Waals surface area contributed by atoms with Crippen molar-refractivity contribution in [2.24, 2.45) is 0 Å². The van der Waals surface area contributed by atoms with Crippen LogP contribution in [0.4, 0.5) is 0 Å². The number of hydrogen-bond donors (Lipinski definition) is 0. The molecule has 0 atom stereocenters. The minimum atomic E-state index is -0.489. The lowest BCUT2D eigenvalue weighted by molar-refractivity contribution is -0.180. The van der Waals surface area contributed by atoms with E-state index in [-0.39, 0.29) is 0 Å². The summed E-state index contributed by atoms with van der Waals surface area (Å²) in [4.78, 5) is 0. The number of rotatable bonds is 0. The molecule has 0 aromatic heterocycles. The van der Waals surface area contributed by atoms with Gasteiger partial charge in [-0.05, 0) is 34.7 Å². The first-order chi connectivity index (χ1) is 6.07. The molecule has 1 aromatic rings. The lowest BCUT2D eigenvalue weighted by Crippen LogP contribution is -2.35. The zero-order valence-corrected chi connectivity index (χ0v) is 9.79. The predicted octanol–water partition coefficient (Wildman–Crippen LogP) is 2.94. The topological polar surface area (TPSA) is 18.5 Å². The highest BCUT2D eigenvalue weighted by molar-refractivity contribution is 14.1. The Hall–Kier alpha value is -0.290. The summed E-state index contributed by atoms with van der Waals surface area (Å²) < 4.78 is 12.4. The van der Waals surface area contributed by atoms with Crippen LogP contribution in [0.25, 0.3) is 0 Å². The molecule has 1 aliphatic heterocycles. The molecule has 0 saturated carbocycles. The molecule has 0 amide bonds. The van der Waals surface area contributed by atoms with Gasteiger partial charge in [0.05, 0.1) is 6.61 Å². The van der Waals surface area contributed by atoms with Crippen LogP contribution in [0, 0.1) is 3.57 Å². The van der Waals surface area contributed by atoms with E-state index in [1.807, 2.05) is 26.0 Å². The van der Waals surface area contributed by atoms with Gasteiger partial charge in [0, 0.05) is 23.0 Å². The second-order valence-corrected chi connectivity index (χ2v) is 4.79. The molecule has 0 saturated heterocycles. The van der Waals surface area contributed by atoms with Crippen molar-refractivity contribution >= 4 is 22.6 Å². The first-order valence-corrected chi connectivity index (χ1v) is 5.26. The van der Waals surface area contributed by atoms with E-state index in [0.717, 1.165) is 11.3 Å². The van der Waals surface area contributed by atoms with Crippen molar-refractivity contribution in [2.45, 2.75) is 26.2 Å². The number of halogens is 1. The monoisotopic (exact) mass is 290 g/mol. The number of benzene rings is 1. The van der Waals surface area contributed by atoms with Gasteiger partial charge in [0.15, 0.2) is 0 Å². The molecular formula is C10H11IO2. The number of hydrogen-bond acceptors (Lipinski definition) is 2. The fourth-order valence-electron chi connectivity index (χ4n) is 1.29. The highest BCUT2D eigenvalue weighted by atomic mass is 127. The summed E-state index contributed by atoms with van der Waals surface area (Å²) in [5, 5.41) is 0. The van der Waals surface area contributed by atoms with Gasteiger partial charge in [-0.2, -0.15) is 0 Å². The Morgan fingerprint density at radius 2 is 2.15 bits per heavy atom. The van der Waals surface area contributed by atoms with Crippen molar-refractivity contribution in [1.29, 1.82) is 0 Å². The third-order valence-electron chi connectivity index (χ3n) is 1.96. The summed E-state index contributed by atoms with van der Waals surface area (Å²) in [6.07, 6.45) is 0. The maximum atomic E-state index is 5.67. The van der Waals surface area contributed by atoms with Crippen molar-refractivity contribution in [3.8, 4) is 5.75 Å². The Bertz CT molecular complexity index is 334. The summed E-state index contributed by atoms with van der Waals surface area (Å²) in [5.41, 5.74) is 1.12. The normalized spacial score (nSPS) is 19.0. The molecule has 0 N–H and O–H groups in total. The molecule has 3 heteroatoms. The molecule has 1 aromatic carbocycles. The van der Waals surface area contributed by atoms with Crippen LogP contribution in [-0.4, -0.2) is 5.79 Å². The fourth-order valence-corrected chi connectivity index (χ4v) is 1.75. The molecule has 13 heavy (non-hydrogen) atoms. The first-order valence-electron chi connectivity index (χ1n) is 4.18. The zero-order valence-electron chi connectivity index (χ0n) is 7.63. The highest BCUT2D eigenvalue weighted by Crippen LogP contribution is 2.31. The Morgan fingerprint density at radius 3 is 2.92 bits per heavy atom. The van der Waals surface area contributed by atoms with Crippen LogP contribution >= 0.6 is 22.6 Å². The van der Waals surface area contributed by atoms with E-state index in [1.165, 1.54) is 3.57 Å². The minimum absolute atomic E-state index is 0.489. The van der Waals surface area contributed by atoms with Gasteiger partial charge >= 0.3 is 0 Å². The quantitative estimate of drug-likeness (QED) is 0.684. The summed E-state index contributed by atoms with van der Waals surface area (Å²) >= 11 is 2.28. The van der Waals surface area contributed by atoms with Crippen LogP contribution in [0.1, 0.15) is 19.4 Å². The molecule has 0 bridgehead atoms. The maximum Gasteiger partial charge on any atom is 0.205 e. The van der Waals surface area contributed by atoms with Gasteiger partial charge in [0.2, 0.25) is 5.79 Å². The Labute approximate surface area is 91.4 Å². The molecule has 2 nitrogen and oxygen atoms in total. The number of fused-ring (bicyclic) bond motifs is 1. The van der Waals surface area contributed by atoms with Gasteiger partial charge < -0.3 is 9.47 Å². The summed E-state index contributed by atoms with van der Waals surface area (Å²) in [6, 6.07) is 6.15. The Morgan fingerprint density at radius 1 is 1.38 bits per heavy atom. The molecule has 0 aliphatic carbocycles. The predicted molar refractivity (Wildman–Crippen MR) is 58.7 cm³/mol. The second-order valence-electron chi connectivity index (χ2n) is 3.54. The van der Waals surface area contributed by atoms with Gasteiger partial charge in [0.25, 0.3) is 0 Å². The number of ether oxygens (including phenoxy) is 2. The van der Waals surface area contributed by atoms with Crippen molar-refractivity contribution in [1.82, 2.24) is 0 Å².